The van der Waals surface area contributed by atoms with Gasteiger partial charge in [-0.3, -0.25) is 0 Å². The quantitative estimate of drug-likeness (QED) is 0.761. The van der Waals surface area contributed by atoms with Crippen LogP contribution < -0.4 is 5.32 Å². The number of nitrogens with zero attached hydrogens (tertiary/aromatic N) is 2. The summed E-state index contributed by atoms with van der Waals surface area (Å²) in [5.74, 6) is 1.83. The standard InChI is InChI=1S/C16H33N3/c1-15(14-19-11-8-17-9-12-19)13-18(2)10-7-16-5-3-4-6-16/h15-17H,3-14H2,1-2H3. The first-order valence-electron chi connectivity index (χ1n) is 8.35. The van der Waals surface area contributed by atoms with Gasteiger partial charge in [-0.15, -0.1) is 0 Å². The minimum atomic E-state index is 0.798. The number of piperazine rings is 1. The molecule has 1 atom stereocenters. The van der Waals surface area contributed by atoms with Gasteiger partial charge in [0, 0.05) is 39.3 Å². The third kappa shape index (κ3) is 5.80. The molecule has 0 aromatic carbocycles. The SMILES string of the molecule is CC(CN(C)CCC1CCCC1)CN1CCNCC1. The fraction of sp³-hybridized carbons (Fsp3) is 1.00. The molecule has 3 heteroatoms. The van der Waals surface area contributed by atoms with E-state index < -0.39 is 0 Å². The minimum absolute atomic E-state index is 0.798. The van der Waals surface area contributed by atoms with E-state index in [9.17, 15) is 0 Å². The molecule has 1 unspecified atom stereocenters. The first-order chi connectivity index (χ1) is 9.24. The van der Waals surface area contributed by atoms with Gasteiger partial charge in [0.1, 0.15) is 0 Å². The van der Waals surface area contributed by atoms with Gasteiger partial charge in [-0.25, -0.2) is 0 Å². The number of hydrogen-bond donors (Lipinski definition) is 1. The van der Waals surface area contributed by atoms with Gasteiger partial charge in [-0.05, 0) is 31.8 Å². The summed E-state index contributed by atoms with van der Waals surface area (Å²) in [5.41, 5.74) is 0. The van der Waals surface area contributed by atoms with Crippen molar-refractivity contribution < 1.29 is 0 Å². The largest absolute Gasteiger partial charge is 0.314 e. The maximum Gasteiger partial charge on any atom is 0.0107 e. The molecular weight excluding hydrogens is 234 g/mol. The molecule has 0 radical (unpaired) electrons. The summed E-state index contributed by atoms with van der Waals surface area (Å²) >= 11 is 0. The van der Waals surface area contributed by atoms with Gasteiger partial charge in [0.15, 0.2) is 0 Å². The van der Waals surface area contributed by atoms with Gasteiger partial charge in [0.2, 0.25) is 0 Å². The highest BCUT2D eigenvalue weighted by atomic mass is 15.2. The summed E-state index contributed by atoms with van der Waals surface area (Å²) in [4.78, 5) is 5.18. The van der Waals surface area contributed by atoms with E-state index in [-0.39, 0.29) is 0 Å². The molecule has 19 heavy (non-hydrogen) atoms. The van der Waals surface area contributed by atoms with Crippen molar-refractivity contribution in [3.63, 3.8) is 0 Å². The molecule has 112 valence electrons. The highest BCUT2D eigenvalue weighted by Crippen LogP contribution is 2.27. The summed E-state index contributed by atoms with van der Waals surface area (Å²) in [6, 6.07) is 0. The summed E-state index contributed by atoms with van der Waals surface area (Å²) in [6.45, 7) is 11.1. The second-order valence-corrected chi connectivity index (χ2v) is 6.86. The van der Waals surface area contributed by atoms with Gasteiger partial charge in [-0.2, -0.15) is 0 Å². The first kappa shape index (κ1) is 15.3. The Morgan fingerprint density at radius 3 is 2.58 bits per heavy atom. The maximum atomic E-state index is 3.43. The van der Waals surface area contributed by atoms with E-state index >= 15 is 0 Å². The van der Waals surface area contributed by atoms with Crippen molar-refractivity contribution in [2.75, 3.05) is 52.9 Å². The Balaban J connectivity index is 1.56. The molecule has 1 aliphatic carbocycles. The zero-order valence-corrected chi connectivity index (χ0v) is 13.0. The van der Waals surface area contributed by atoms with Crippen molar-refractivity contribution in [3.05, 3.63) is 0 Å². The van der Waals surface area contributed by atoms with Crippen molar-refractivity contribution in [1.82, 2.24) is 15.1 Å². The number of hydrogen-bond acceptors (Lipinski definition) is 3. The van der Waals surface area contributed by atoms with E-state index in [2.05, 4.69) is 29.1 Å². The normalized spacial score (nSPS) is 24.2. The Labute approximate surface area is 119 Å². The van der Waals surface area contributed by atoms with Gasteiger partial charge < -0.3 is 15.1 Å². The van der Waals surface area contributed by atoms with Gasteiger partial charge >= 0.3 is 0 Å². The molecule has 0 amide bonds. The molecule has 2 aliphatic rings. The average Bonchev–Trinajstić information content (AvgIpc) is 2.90. The van der Waals surface area contributed by atoms with E-state index in [4.69, 9.17) is 0 Å². The second-order valence-electron chi connectivity index (χ2n) is 6.86. The molecular formula is C16H33N3. The Hall–Kier alpha value is -0.120. The average molecular weight is 267 g/mol. The number of nitrogens with one attached hydrogen (secondary N) is 1. The Bertz CT molecular complexity index is 232. The topological polar surface area (TPSA) is 18.5 Å². The van der Waals surface area contributed by atoms with E-state index in [1.807, 2.05) is 0 Å². The zero-order valence-electron chi connectivity index (χ0n) is 13.0. The minimum Gasteiger partial charge on any atom is -0.314 e. The fourth-order valence-corrected chi connectivity index (χ4v) is 3.72. The van der Waals surface area contributed by atoms with Crippen LogP contribution in [0.25, 0.3) is 0 Å². The summed E-state index contributed by atoms with van der Waals surface area (Å²) in [5, 5.41) is 3.43. The summed E-state index contributed by atoms with van der Waals surface area (Å²) < 4.78 is 0. The molecule has 2 fully saturated rings. The Morgan fingerprint density at radius 2 is 1.89 bits per heavy atom. The van der Waals surface area contributed by atoms with Crippen LogP contribution in [0.2, 0.25) is 0 Å². The van der Waals surface area contributed by atoms with Crippen molar-refractivity contribution in [2.45, 2.75) is 39.0 Å². The van der Waals surface area contributed by atoms with Gasteiger partial charge in [0.25, 0.3) is 0 Å². The van der Waals surface area contributed by atoms with Crippen molar-refractivity contribution in [3.8, 4) is 0 Å². The third-order valence-electron chi connectivity index (χ3n) is 4.80. The number of rotatable bonds is 7. The van der Waals surface area contributed by atoms with Crippen molar-refractivity contribution >= 4 is 0 Å². The molecule has 3 nitrogen and oxygen atoms in total. The van der Waals surface area contributed by atoms with Crippen LogP contribution in [0.3, 0.4) is 0 Å². The lowest BCUT2D eigenvalue weighted by atomic mass is 10.0. The lowest BCUT2D eigenvalue weighted by molar-refractivity contribution is 0.180. The summed E-state index contributed by atoms with van der Waals surface area (Å²) in [6.07, 6.45) is 7.37. The Kier molecular flexibility index (Phi) is 6.62. The van der Waals surface area contributed by atoms with Crippen LogP contribution in [0.15, 0.2) is 0 Å². The predicted molar refractivity (Wildman–Crippen MR) is 82.5 cm³/mol. The molecule has 1 saturated heterocycles. The fourth-order valence-electron chi connectivity index (χ4n) is 3.72. The smallest absolute Gasteiger partial charge is 0.0107 e. The Morgan fingerprint density at radius 1 is 1.21 bits per heavy atom. The van der Waals surface area contributed by atoms with Gasteiger partial charge in [0.05, 0.1) is 0 Å². The molecule has 1 aliphatic heterocycles. The highest BCUT2D eigenvalue weighted by Gasteiger charge is 2.17. The zero-order chi connectivity index (χ0) is 13.5. The molecule has 0 aromatic heterocycles. The third-order valence-corrected chi connectivity index (χ3v) is 4.80. The molecule has 1 N–H and O–H groups in total. The second kappa shape index (κ2) is 8.23. The van der Waals surface area contributed by atoms with Crippen molar-refractivity contribution in [2.24, 2.45) is 11.8 Å². The molecule has 1 heterocycles. The maximum absolute atomic E-state index is 3.43. The lowest BCUT2D eigenvalue weighted by Gasteiger charge is -2.31. The van der Waals surface area contributed by atoms with Crippen LogP contribution >= 0.6 is 0 Å². The monoisotopic (exact) mass is 267 g/mol. The van der Waals surface area contributed by atoms with Crippen LogP contribution in [0.5, 0.6) is 0 Å². The lowest BCUT2D eigenvalue weighted by Crippen LogP contribution is -2.46. The van der Waals surface area contributed by atoms with E-state index in [1.54, 1.807) is 0 Å². The van der Waals surface area contributed by atoms with Crippen molar-refractivity contribution in [1.29, 1.82) is 0 Å². The van der Waals surface area contributed by atoms with Crippen LogP contribution in [-0.2, 0) is 0 Å². The van der Waals surface area contributed by atoms with E-state index in [0.29, 0.717) is 0 Å². The molecule has 0 spiro atoms. The molecule has 0 bridgehead atoms. The first-order valence-corrected chi connectivity index (χ1v) is 8.35. The van der Waals surface area contributed by atoms with E-state index in [1.165, 1.54) is 77.9 Å². The molecule has 2 rings (SSSR count). The molecule has 1 saturated carbocycles. The van der Waals surface area contributed by atoms with Crippen LogP contribution in [0, 0.1) is 11.8 Å². The van der Waals surface area contributed by atoms with Crippen LogP contribution in [0.1, 0.15) is 39.0 Å². The van der Waals surface area contributed by atoms with Crippen LogP contribution in [-0.4, -0.2) is 62.7 Å². The predicted octanol–water partition coefficient (Wildman–Crippen LogP) is 2.04. The highest BCUT2D eigenvalue weighted by molar-refractivity contribution is 4.73. The van der Waals surface area contributed by atoms with E-state index in [0.717, 1.165) is 11.8 Å². The summed E-state index contributed by atoms with van der Waals surface area (Å²) in [7, 11) is 2.31. The van der Waals surface area contributed by atoms with Gasteiger partial charge in [-0.1, -0.05) is 32.6 Å². The van der Waals surface area contributed by atoms with Crippen LogP contribution in [0.4, 0.5) is 0 Å². The molecule has 0 aromatic rings.